The van der Waals surface area contributed by atoms with Gasteiger partial charge in [-0.25, -0.2) is 19.9 Å². The van der Waals surface area contributed by atoms with Crippen LogP contribution < -0.4 is 10.5 Å². The number of hydrogen-bond donors (Lipinski definition) is 1. The Labute approximate surface area is 112 Å². The third-order valence-electron chi connectivity index (χ3n) is 2.79. The predicted molar refractivity (Wildman–Crippen MR) is 72.8 cm³/mol. The number of rotatable bonds is 4. The molecule has 0 saturated carbocycles. The molecular weight excluding hydrogens is 242 g/mol. The summed E-state index contributed by atoms with van der Waals surface area (Å²) in [5.74, 6) is 1.63. The van der Waals surface area contributed by atoms with Crippen molar-refractivity contribution in [3.05, 3.63) is 23.8 Å². The molecule has 19 heavy (non-hydrogen) atoms. The summed E-state index contributed by atoms with van der Waals surface area (Å²) < 4.78 is 5.22. The highest BCUT2D eigenvalue weighted by atomic mass is 16.5. The van der Waals surface area contributed by atoms with Crippen LogP contribution in [0.15, 0.2) is 12.4 Å². The van der Waals surface area contributed by atoms with Crippen molar-refractivity contribution >= 4 is 5.82 Å². The minimum atomic E-state index is 0.436. The lowest BCUT2D eigenvalue weighted by molar-refractivity contribution is 0.397. The van der Waals surface area contributed by atoms with Crippen LogP contribution in [0.2, 0.25) is 0 Å². The monoisotopic (exact) mass is 259 g/mol. The SMILES string of the molecule is CCCc1nc(N)c(C)c(-c2nccnc2OC)n1. The van der Waals surface area contributed by atoms with Crippen LogP contribution in [-0.4, -0.2) is 27.0 Å². The Bertz CT molecular complexity index is 585. The lowest BCUT2D eigenvalue weighted by Crippen LogP contribution is -2.06. The molecule has 2 heterocycles. The quantitative estimate of drug-likeness (QED) is 0.900. The number of anilines is 1. The lowest BCUT2D eigenvalue weighted by atomic mass is 10.1. The molecular formula is C13H17N5O. The Balaban J connectivity index is 2.60. The van der Waals surface area contributed by atoms with E-state index < -0.39 is 0 Å². The van der Waals surface area contributed by atoms with Crippen LogP contribution in [0, 0.1) is 6.92 Å². The largest absolute Gasteiger partial charge is 0.479 e. The minimum absolute atomic E-state index is 0.436. The standard InChI is InChI=1S/C13H17N5O/c1-4-5-9-17-10(8(2)12(14)18-9)11-13(19-3)16-7-6-15-11/h6-7H,4-5H2,1-3H3,(H2,14,17,18). The van der Waals surface area contributed by atoms with Crippen LogP contribution in [0.1, 0.15) is 24.7 Å². The average Bonchev–Trinajstić information content (AvgIpc) is 2.43. The average molecular weight is 259 g/mol. The molecule has 0 aromatic carbocycles. The van der Waals surface area contributed by atoms with Gasteiger partial charge in [0.05, 0.1) is 7.11 Å². The first-order chi connectivity index (χ1) is 9.17. The van der Waals surface area contributed by atoms with E-state index in [9.17, 15) is 0 Å². The van der Waals surface area contributed by atoms with Crippen LogP contribution >= 0.6 is 0 Å². The number of methoxy groups -OCH3 is 1. The van der Waals surface area contributed by atoms with Crippen molar-refractivity contribution in [2.75, 3.05) is 12.8 Å². The molecule has 0 bridgehead atoms. The van der Waals surface area contributed by atoms with E-state index in [1.54, 1.807) is 19.5 Å². The summed E-state index contributed by atoms with van der Waals surface area (Å²) >= 11 is 0. The molecule has 0 atom stereocenters. The summed E-state index contributed by atoms with van der Waals surface area (Å²) in [6, 6.07) is 0. The van der Waals surface area contributed by atoms with Crippen molar-refractivity contribution in [1.29, 1.82) is 0 Å². The third kappa shape index (κ3) is 2.62. The van der Waals surface area contributed by atoms with Crippen LogP contribution in [0.4, 0.5) is 5.82 Å². The fourth-order valence-electron chi connectivity index (χ4n) is 1.79. The fraction of sp³-hybridized carbons (Fsp3) is 0.385. The molecule has 0 spiro atoms. The van der Waals surface area contributed by atoms with E-state index in [1.807, 2.05) is 6.92 Å². The van der Waals surface area contributed by atoms with Crippen molar-refractivity contribution in [2.24, 2.45) is 0 Å². The van der Waals surface area contributed by atoms with Gasteiger partial charge in [0.1, 0.15) is 17.3 Å². The van der Waals surface area contributed by atoms with Crippen LogP contribution in [0.5, 0.6) is 5.88 Å². The Kier molecular flexibility index (Phi) is 3.89. The van der Waals surface area contributed by atoms with E-state index in [-0.39, 0.29) is 0 Å². The normalized spacial score (nSPS) is 10.5. The molecule has 6 heteroatoms. The number of aryl methyl sites for hydroxylation is 1. The van der Waals surface area contributed by atoms with Crippen molar-refractivity contribution in [2.45, 2.75) is 26.7 Å². The molecule has 2 rings (SSSR count). The molecule has 0 radical (unpaired) electrons. The number of ether oxygens (including phenoxy) is 1. The van der Waals surface area contributed by atoms with Gasteiger partial charge in [-0.05, 0) is 13.3 Å². The van der Waals surface area contributed by atoms with E-state index >= 15 is 0 Å². The van der Waals surface area contributed by atoms with Crippen molar-refractivity contribution in [1.82, 2.24) is 19.9 Å². The maximum absolute atomic E-state index is 5.94. The van der Waals surface area contributed by atoms with Gasteiger partial charge < -0.3 is 10.5 Å². The molecule has 0 saturated heterocycles. The molecule has 0 unspecified atom stereocenters. The highest BCUT2D eigenvalue weighted by molar-refractivity contribution is 5.67. The summed E-state index contributed by atoms with van der Waals surface area (Å²) in [5.41, 5.74) is 8.00. The Morgan fingerprint density at radius 1 is 1.16 bits per heavy atom. The molecule has 6 nitrogen and oxygen atoms in total. The van der Waals surface area contributed by atoms with Gasteiger partial charge in [-0.3, -0.25) is 0 Å². The second-order valence-electron chi connectivity index (χ2n) is 4.16. The molecule has 2 aromatic rings. The van der Waals surface area contributed by atoms with E-state index in [0.717, 1.165) is 18.4 Å². The van der Waals surface area contributed by atoms with E-state index in [1.165, 1.54) is 0 Å². The number of nitrogens with two attached hydrogens (primary N) is 1. The molecule has 0 aliphatic carbocycles. The summed E-state index contributed by atoms with van der Waals surface area (Å²) in [7, 11) is 1.56. The first-order valence-electron chi connectivity index (χ1n) is 6.15. The molecule has 0 aliphatic rings. The van der Waals surface area contributed by atoms with Gasteiger partial charge in [0.2, 0.25) is 5.88 Å². The molecule has 0 amide bonds. The smallest absolute Gasteiger partial charge is 0.241 e. The molecule has 0 aliphatic heterocycles. The number of hydrogen-bond acceptors (Lipinski definition) is 6. The van der Waals surface area contributed by atoms with Crippen molar-refractivity contribution in [3.8, 4) is 17.3 Å². The van der Waals surface area contributed by atoms with Gasteiger partial charge in [-0.2, -0.15) is 0 Å². The summed E-state index contributed by atoms with van der Waals surface area (Å²) in [6.45, 7) is 3.94. The molecule has 100 valence electrons. The molecule has 2 N–H and O–H groups in total. The zero-order valence-corrected chi connectivity index (χ0v) is 11.3. The summed E-state index contributed by atoms with van der Waals surface area (Å²) in [4.78, 5) is 17.2. The lowest BCUT2D eigenvalue weighted by Gasteiger charge is -2.11. The Morgan fingerprint density at radius 2 is 1.89 bits per heavy atom. The Morgan fingerprint density at radius 3 is 2.58 bits per heavy atom. The summed E-state index contributed by atoms with van der Waals surface area (Å²) in [5, 5.41) is 0. The van der Waals surface area contributed by atoms with E-state index in [2.05, 4.69) is 26.9 Å². The number of aromatic nitrogens is 4. The van der Waals surface area contributed by atoms with Gasteiger partial charge >= 0.3 is 0 Å². The van der Waals surface area contributed by atoms with Crippen molar-refractivity contribution < 1.29 is 4.74 Å². The molecule has 2 aromatic heterocycles. The maximum Gasteiger partial charge on any atom is 0.241 e. The van der Waals surface area contributed by atoms with Gasteiger partial charge in [-0.1, -0.05) is 6.92 Å². The zero-order valence-electron chi connectivity index (χ0n) is 11.3. The number of nitrogens with zero attached hydrogens (tertiary/aromatic N) is 4. The van der Waals surface area contributed by atoms with E-state index in [0.29, 0.717) is 28.9 Å². The molecule has 0 fully saturated rings. The Hall–Kier alpha value is -2.24. The first-order valence-corrected chi connectivity index (χ1v) is 6.15. The van der Waals surface area contributed by atoms with Gasteiger partial charge in [0, 0.05) is 24.4 Å². The van der Waals surface area contributed by atoms with Crippen LogP contribution in [0.25, 0.3) is 11.4 Å². The zero-order chi connectivity index (χ0) is 13.8. The highest BCUT2D eigenvalue weighted by Gasteiger charge is 2.16. The van der Waals surface area contributed by atoms with Gasteiger partial charge in [-0.15, -0.1) is 0 Å². The first kappa shape index (κ1) is 13.2. The van der Waals surface area contributed by atoms with Crippen molar-refractivity contribution in [3.63, 3.8) is 0 Å². The fourth-order valence-corrected chi connectivity index (χ4v) is 1.79. The predicted octanol–water partition coefficient (Wildman–Crippen LogP) is 1.79. The third-order valence-corrected chi connectivity index (χ3v) is 2.79. The number of nitrogen functional groups attached to an aromatic ring is 1. The second kappa shape index (κ2) is 5.60. The second-order valence-corrected chi connectivity index (χ2v) is 4.16. The van der Waals surface area contributed by atoms with E-state index in [4.69, 9.17) is 10.5 Å². The van der Waals surface area contributed by atoms with Crippen LogP contribution in [-0.2, 0) is 6.42 Å². The van der Waals surface area contributed by atoms with Gasteiger partial charge in [0.25, 0.3) is 0 Å². The minimum Gasteiger partial charge on any atom is -0.479 e. The highest BCUT2D eigenvalue weighted by Crippen LogP contribution is 2.28. The summed E-state index contributed by atoms with van der Waals surface area (Å²) in [6.07, 6.45) is 4.92. The topological polar surface area (TPSA) is 86.8 Å². The maximum atomic E-state index is 5.94. The van der Waals surface area contributed by atoms with Crippen LogP contribution in [0.3, 0.4) is 0 Å². The van der Waals surface area contributed by atoms with Gasteiger partial charge in [0.15, 0.2) is 5.69 Å².